The van der Waals surface area contributed by atoms with E-state index in [1.807, 2.05) is 24.8 Å². The van der Waals surface area contributed by atoms with E-state index in [1.165, 1.54) is 4.57 Å². The monoisotopic (exact) mass is 385 g/mol. The second-order valence-corrected chi connectivity index (χ2v) is 7.50. The summed E-state index contributed by atoms with van der Waals surface area (Å²) in [4.78, 5) is 43.3. The van der Waals surface area contributed by atoms with Crippen LogP contribution in [0.4, 0.5) is 0 Å². The summed E-state index contributed by atoms with van der Waals surface area (Å²) in [6.45, 7) is 3.82. The number of carbonyl (C=O) groups excluding carboxylic acids is 2. The number of rotatable bonds is 5. The summed E-state index contributed by atoms with van der Waals surface area (Å²) >= 11 is 0. The lowest BCUT2D eigenvalue weighted by atomic mass is 9.97. The fourth-order valence-electron chi connectivity index (χ4n) is 3.90. The smallest absolute Gasteiger partial charge is 0.306 e. The van der Waals surface area contributed by atoms with Crippen LogP contribution in [0.1, 0.15) is 45.4 Å². The Morgan fingerprint density at radius 2 is 1.86 bits per heavy atom. The van der Waals surface area contributed by atoms with Gasteiger partial charge in [-0.2, -0.15) is 0 Å². The van der Waals surface area contributed by atoms with Crippen LogP contribution in [0.3, 0.4) is 0 Å². The number of aryl methyl sites for hydroxylation is 1. The molecule has 0 spiro atoms. The van der Waals surface area contributed by atoms with Gasteiger partial charge in [-0.05, 0) is 45.2 Å². The Balaban J connectivity index is 1.57. The summed E-state index contributed by atoms with van der Waals surface area (Å²) in [5.74, 6) is -0.0948. The third-order valence-electron chi connectivity index (χ3n) is 5.47. The summed E-state index contributed by atoms with van der Waals surface area (Å²) in [5.41, 5.74) is 0.467. The minimum atomic E-state index is -0.465. The van der Waals surface area contributed by atoms with Crippen molar-refractivity contribution < 1.29 is 14.3 Å². The van der Waals surface area contributed by atoms with Gasteiger partial charge in [0.25, 0.3) is 11.5 Å². The molecule has 1 amide bonds. The summed E-state index contributed by atoms with van der Waals surface area (Å²) < 4.78 is 6.64. The van der Waals surface area contributed by atoms with Gasteiger partial charge in [0.15, 0.2) is 6.61 Å². The molecule has 2 unspecified atom stereocenters. The lowest BCUT2D eigenvalue weighted by molar-refractivity contribution is -0.154. The molecule has 1 aliphatic heterocycles. The number of nitrogens with zero attached hydrogens (tertiary/aromatic N) is 3. The van der Waals surface area contributed by atoms with E-state index in [9.17, 15) is 14.4 Å². The molecule has 1 aliphatic rings. The van der Waals surface area contributed by atoms with Crippen molar-refractivity contribution in [1.29, 1.82) is 0 Å². The van der Waals surface area contributed by atoms with E-state index in [-0.39, 0.29) is 43.0 Å². The highest BCUT2D eigenvalue weighted by molar-refractivity contribution is 5.81. The molecule has 3 rings (SSSR count). The van der Waals surface area contributed by atoms with Crippen molar-refractivity contribution in [1.82, 2.24) is 14.5 Å². The van der Waals surface area contributed by atoms with Gasteiger partial charge in [-0.3, -0.25) is 19.0 Å². The Kier molecular flexibility index (Phi) is 6.11. The highest BCUT2D eigenvalue weighted by Crippen LogP contribution is 2.22. The van der Waals surface area contributed by atoms with E-state index in [0.717, 1.165) is 19.3 Å². The molecule has 28 heavy (non-hydrogen) atoms. The third kappa shape index (κ3) is 4.24. The molecule has 7 heteroatoms. The predicted octanol–water partition coefficient (Wildman–Crippen LogP) is 2.20. The van der Waals surface area contributed by atoms with Crippen LogP contribution < -0.4 is 5.56 Å². The Morgan fingerprint density at radius 3 is 2.57 bits per heavy atom. The van der Waals surface area contributed by atoms with Crippen molar-refractivity contribution in [2.24, 2.45) is 7.05 Å². The van der Waals surface area contributed by atoms with Gasteiger partial charge in [0.1, 0.15) is 5.82 Å². The zero-order chi connectivity index (χ0) is 20.3. The molecule has 0 radical (unpaired) electrons. The molecule has 2 aromatic rings. The van der Waals surface area contributed by atoms with Crippen LogP contribution in [0.25, 0.3) is 10.9 Å². The van der Waals surface area contributed by atoms with E-state index >= 15 is 0 Å². The molecular formula is C21H27N3O4. The number of benzene rings is 1. The fraction of sp³-hybridized carbons (Fsp3) is 0.524. The van der Waals surface area contributed by atoms with Crippen molar-refractivity contribution in [3.05, 3.63) is 40.4 Å². The largest absolute Gasteiger partial charge is 0.456 e. The number of ether oxygens (including phenoxy) is 1. The van der Waals surface area contributed by atoms with Crippen LogP contribution in [0, 0.1) is 0 Å². The molecule has 150 valence electrons. The van der Waals surface area contributed by atoms with E-state index in [1.54, 1.807) is 25.2 Å². The highest BCUT2D eigenvalue weighted by atomic mass is 16.5. The first-order valence-electron chi connectivity index (χ1n) is 9.80. The molecule has 1 aromatic heterocycles. The summed E-state index contributed by atoms with van der Waals surface area (Å²) in [6.07, 6.45) is 3.41. The van der Waals surface area contributed by atoms with Gasteiger partial charge in [-0.15, -0.1) is 0 Å². The maximum absolute atomic E-state index is 12.4. The number of esters is 1. The minimum absolute atomic E-state index is 0.0665. The average Bonchev–Trinajstić information content (AvgIpc) is 2.68. The predicted molar refractivity (Wildman–Crippen MR) is 106 cm³/mol. The highest BCUT2D eigenvalue weighted by Gasteiger charge is 2.29. The van der Waals surface area contributed by atoms with E-state index in [2.05, 4.69) is 4.98 Å². The fourth-order valence-corrected chi connectivity index (χ4v) is 3.90. The topological polar surface area (TPSA) is 81.5 Å². The van der Waals surface area contributed by atoms with Crippen LogP contribution in [-0.2, 0) is 27.8 Å². The number of piperidine rings is 1. The Hall–Kier alpha value is -2.70. The molecule has 1 fully saturated rings. The van der Waals surface area contributed by atoms with E-state index < -0.39 is 5.97 Å². The first kappa shape index (κ1) is 20.0. The molecule has 0 bridgehead atoms. The summed E-state index contributed by atoms with van der Waals surface area (Å²) in [6, 6.07) is 7.47. The van der Waals surface area contributed by atoms with Gasteiger partial charge in [-0.1, -0.05) is 12.1 Å². The quantitative estimate of drug-likeness (QED) is 0.737. The molecule has 2 atom stereocenters. The zero-order valence-electron chi connectivity index (χ0n) is 16.7. The van der Waals surface area contributed by atoms with Gasteiger partial charge in [0.2, 0.25) is 0 Å². The summed E-state index contributed by atoms with van der Waals surface area (Å²) in [5, 5.41) is 0.548. The maximum Gasteiger partial charge on any atom is 0.306 e. The van der Waals surface area contributed by atoms with Gasteiger partial charge < -0.3 is 9.64 Å². The standard InChI is InChI=1S/C21H27N3O4/c1-14-7-6-8-15(2)24(14)19(25)13-28-20(26)12-11-18-22-17-10-5-4-9-16(17)21(27)23(18)3/h4-5,9-10,14-15H,6-8,11-13H2,1-3H3. The van der Waals surface area contributed by atoms with E-state index in [4.69, 9.17) is 4.74 Å². The zero-order valence-corrected chi connectivity index (χ0v) is 16.7. The molecule has 7 nitrogen and oxygen atoms in total. The number of hydrogen-bond donors (Lipinski definition) is 0. The SMILES string of the molecule is CC1CCCC(C)N1C(=O)COC(=O)CCc1nc2ccccc2c(=O)n1C. The molecule has 0 N–H and O–H groups in total. The van der Waals surface area contributed by atoms with Crippen LogP contribution in [0.15, 0.2) is 29.1 Å². The number of likely N-dealkylation sites (tertiary alicyclic amines) is 1. The Bertz CT molecular complexity index is 927. The second-order valence-electron chi connectivity index (χ2n) is 7.50. The Labute approximate surface area is 164 Å². The van der Waals surface area contributed by atoms with Crippen molar-refractivity contribution >= 4 is 22.8 Å². The maximum atomic E-state index is 12.4. The lowest BCUT2D eigenvalue weighted by Crippen LogP contribution is -2.49. The lowest BCUT2D eigenvalue weighted by Gasteiger charge is -2.38. The number of amides is 1. The van der Waals surface area contributed by atoms with Gasteiger partial charge >= 0.3 is 5.97 Å². The van der Waals surface area contributed by atoms with Gasteiger partial charge in [0.05, 0.1) is 17.3 Å². The number of para-hydroxylation sites is 1. The Morgan fingerprint density at radius 1 is 1.18 bits per heavy atom. The van der Waals surface area contributed by atoms with Crippen LogP contribution >= 0.6 is 0 Å². The van der Waals surface area contributed by atoms with Gasteiger partial charge in [-0.25, -0.2) is 4.98 Å². The molecule has 1 saturated heterocycles. The van der Waals surface area contributed by atoms with Crippen LogP contribution in [-0.4, -0.2) is 45.0 Å². The number of carbonyl (C=O) groups is 2. The van der Waals surface area contributed by atoms with Crippen molar-refractivity contribution in [2.45, 2.75) is 58.0 Å². The van der Waals surface area contributed by atoms with Crippen molar-refractivity contribution in [3.8, 4) is 0 Å². The van der Waals surface area contributed by atoms with Crippen molar-refractivity contribution in [3.63, 3.8) is 0 Å². The first-order valence-corrected chi connectivity index (χ1v) is 9.80. The van der Waals surface area contributed by atoms with Gasteiger partial charge in [0, 0.05) is 25.6 Å². The molecular weight excluding hydrogens is 358 g/mol. The van der Waals surface area contributed by atoms with Crippen LogP contribution in [0.5, 0.6) is 0 Å². The molecule has 2 heterocycles. The number of aromatic nitrogens is 2. The minimum Gasteiger partial charge on any atom is -0.456 e. The second kappa shape index (κ2) is 8.54. The first-order chi connectivity index (χ1) is 13.4. The van der Waals surface area contributed by atoms with E-state index in [0.29, 0.717) is 16.7 Å². The molecule has 0 saturated carbocycles. The number of hydrogen-bond acceptors (Lipinski definition) is 5. The van der Waals surface area contributed by atoms with Crippen molar-refractivity contribution in [2.75, 3.05) is 6.61 Å². The van der Waals surface area contributed by atoms with Crippen LogP contribution in [0.2, 0.25) is 0 Å². The number of fused-ring (bicyclic) bond motifs is 1. The average molecular weight is 385 g/mol. The third-order valence-corrected chi connectivity index (χ3v) is 5.47. The molecule has 0 aliphatic carbocycles. The normalized spacial score (nSPS) is 19.6. The summed E-state index contributed by atoms with van der Waals surface area (Å²) in [7, 11) is 1.64. The molecule has 1 aromatic carbocycles.